The Morgan fingerprint density at radius 1 is 1.24 bits per heavy atom. The average Bonchev–Trinajstić information content (AvgIpc) is 2.31. The van der Waals surface area contributed by atoms with Crippen molar-refractivity contribution in [1.29, 1.82) is 0 Å². The minimum atomic E-state index is 0.319. The van der Waals surface area contributed by atoms with Crippen molar-refractivity contribution in [3.8, 4) is 5.75 Å². The van der Waals surface area contributed by atoms with Gasteiger partial charge in [0.15, 0.2) is 0 Å². The monoisotopic (exact) mass is 235 g/mol. The second-order valence-corrected chi connectivity index (χ2v) is 4.74. The van der Waals surface area contributed by atoms with E-state index in [1.54, 1.807) is 12.1 Å². The van der Waals surface area contributed by atoms with E-state index in [2.05, 4.69) is 16.8 Å². The predicted octanol–water partition coefficient (Wildman–Crippen LogP) is 0.764. The van der Waals surface area contributed by atoms with Gasteiger partial charge in [0.1, 0.15) is 5.75 Å². The van der Waals surface area contributed by atoms with Crippen LogP contribution in [-0.2, 0) is 6.42 Å². The van der Waals surface area contributed by atoms with E-state index in [0.717, 1.165) is 44.7 Å². The highest BCUT2D eigenvalue weighted by molar-refractivity contribution is 5.53. The fourth-order valence-corrected chi connectivity index (χ4v) is 2.21. The average molecular weight is 235 g/mol. The molecule has 0 bridgehead atoms. The van der Waals surface area contributed by atoms with E-state index in [4.69, 9.17) is 5.73 Å². The van der Waals surface area contributed by atoms with Crippen LogP contribution in [-0.4, -0.2) is 54.7 Å². The van der Waals surface area contributed by atoms with Gasteiger partial charge in [-0.15, -0.1) is 0 Å². The molecule has 1 heterocycles. The molecule has 2 rings (SSSR count). The van der Waals surface area contributed by atoms with Gasteiger partial charge in [-0.2, -0.15) is 0 Å². The van der Waals surface area contributed by atoms with Gasteiger partial charge >= 0.3 is 0 Å². The number of likely N-dealkylation sites (N-methyl/N-ethyl adjacent to an activating group) is 1. The molecular formula is C13H21N3O. The van der Waals surface area contributed by atoms with Gasteiger partial charge in [-0.1, -0.05) is 6.07 Å². The summed E-state index contributed by atoms with van der Waals surface area (Å²) in [7, 11) is 2.15. The molecule has 0 atom stereocenters. The molecule has 4 heteroatoms. The predicted molar refractivity (Wildman–Crippen MR) is 70.2 cm³/mol. The number of hydrogen-bond acceptors (Lipinski definition) is 4. The molecule has 94 valence electrons. The summed E-state index contributed by atoms with van der Waals surface area (Å²) in [6.07, 6.45) is 0.822. The number of benzene rings is 1. The van der Waals surface area contributed by atoms with Crippen LogP contribution in [0, 0.1) is 0 Å². The van der Waals surface area contributed by atoms with Crippen LogP contribution in [0.25, 0.3) is 0 Å². The second kappa shape index (κ2) is 5.38. The van der Waals surface area contributed by atoms with E-state index < -0.39 is 0 Å². The van der Waals surface area contributed by atoms with Crippen LogP contribution in [0.5, 0.6) is 5.75 Å². The van der Waals surface area contributed by atoms with Gasteiger partial charge in [0.05, 0.1) is 0 Å². The molecule has 1 aromatic rings. The number of phenols is 1. The van der Waals surface area contributed by atoms with Crippen molar-refractivity contribution in [2.45, 2.75) is 6.42 Å². The van der Waals surface area contributed by atoms with Gasteiger partial charge in [-0.05, 0) is 25.6 Å². The van der Waals surface area contributed by atoms with Crippen LogP contribution >= 0.6 is 0 Å². The zero-order valence-electron chi connectivity index (χ0n) is 10.4. The molecule has 0 aromatic heterocycles. The molecule has 3 N–H and O–H groups in total. The van der Waals surface area contributed by atoms with Gasteiger partial charge in [-0.25, -0.2) is 0 Å². The lowest BCUT2D eigenvalue weighted by Crippen LogP contribution is -2.45. The Balaban J connectivity index is 1.89. The van der Waals surface area contributed by atoms with Gasteiger partial charge in [-0.3, -0.25) is 0 Å². The SMILES string of the molecule is CN1CCN(CCc2c(N)cccc2O)CC1. The molecule has 1 aromatic carbocycles. The van der Waals surface area contributed by atoms with Crippen molar-refractivity contribution in [2.24, 2.45) is 0 Å². The fraction of sp³-hybridized carbons (Fsp3) is 0.538. The van der Waals surface area contributed by atoms with Gasteiger partial charge in [0.2, 0.25) is 0 Å². The van der Waals surface area contributed by atoms with Crippen LogP contribution in [0.15, 0.2) is 18.2 Å². The third-order valence-electron chi connectivity index (χ3n) is 3.46. The summed E-state index contributed by atoms with van der Waals surface area (Å²) in [5, 5.41) is 9.76. The lowest BCUT2D eigenvalue weighted by atomic mass is 10.1. The first kappa shape index (κ1) is 12.2. The van der Waals surface area contributed by atoms with Crippen LogP contribution in [0.1, 0.15) is 5.56 Å². The minimum absolute atomic E-state index is 0.319. The maximum Gasteiger partial charge on any atom is 0.120 e. The maximum absolute atomic E-state index is 9.76. The zero-order valence-corrected chi connectivity index (χ0v) is 10.4. The summed E-state index contributed by atoms with van der Waals surface area (Å²) < 4.78 is 0. The van der Waals surface area contributed by atoms with E-state index >= 15 is 0 Å². The molecule has 17 heavy (non-hydrogen) atoms. The molecule has 0 saturated carbocycles. The fourth-order valence-electron chi connectivity index (χ4n) is 2.21. The van der Waals surface area contributed by atoms with Crippen LogP contribution in [0.2, 0.25) is 0 Å². The lowest BCUT2D eigenvalue weighted by Gasteiger charge is -2.32. The van der Waals surface area contributed by atoms with Crippen molar-refractivity contribution in [3.63, 3.8) is 0 Å². The molecule has 1 saturated heterocycles. The summed E-state index contributed by atoms with van der Waals surface area (Å²) in [5.74, 6) is 0.319. The summed E-state index contributed by atoms with van der Waals surface area (Å²) in [6.45, 7) is 5.41. The van der Waals surface area contributed by atoms with E-state index in [1.165, 1.54) is 0 Å². The molecule has 0 radical (unpaired) electrons. The smallest absolute Gasteiger partial charge is 0.120 e. The van der Waals surface area contributed by atoms with E-state index in [1.807, 2.05) is 6.07 Å². The molecule has 0 aliphatic carbocycles. The Bertz CT molecular complexity index is 353. The lowest BCUT2D eigenvalue weighted by molar-refractivity contribution is 0.155. The van der Waals surface area contributed by atoms with Crippen LogP contribution < -0.4 is 5.73 Å². The van der Waals surface area contributed by atoms with E-state index in [9.17, 15) is 5.11 Å². The number of piperazine rings is 1. The Morgan fingerprint density at radius 3 is 2.59 bits per heavy atom. The van der Waals surface area contributed by atoms with Gasteiger partial charge in [0.25, 0.3) is 0 Å². The Labute approximate surface area is 103 Å². The molecule has 0 amide bonds. The van der Waals surface area contributed by atoms with Gasteiger partial charge < -0.3 is 20.6 Å². The molecule has 1 fully saturated rings. The number of anilines is 1. The number of nitrogens with zero attached hydrogens (tertiary/aromatic N) is 2. The highest BCUT2D eigenvalue weighted by Crippen LogP contribution is 2.23. The first-order valence-corrected chi connectivity index (χ1v) is 6.14. The molecule has 1 aliphatic rings. The summed E-state index contributed by atoms with van der Waals surface area (Å²) in [4.78, 5) is 4.76. The van der Waals surface area contributed by atoms with Crippen LogP contribution in [0.4, 0.5) is 5.69 Å². The summed E-state index contributed by atoms with van der Waals surface area (Å²) >= 11 is 0. The molecule has 1 aliphatic heterocycles. The van der Waals surface area contributed by atoms with Crippen molar-refractivity contribution in [1.82, 2.24) is 9.80 Å². The third-order valence-corrected chi connectivity index (χ3v) is 3.46. The first-order chi connectivity index (χ1) is 8.16. The minimum Gasteiger partial charge on any atom is -0.508 e. The Morgan fingerprint density at radius 2 is 1.94 bits per heavy atom. The zero-order chi connectivity index (χ0) is 12.3. The van der Waals surface area contributed by atoms with Gasteiger partial charge in [0, 0.05) is 44.0 Å². The van der Waals surface area contributed by atoms with Crippen molar-refractivity contribution >= 4 is 5.69 Å². The summed E-state index contributed by atoms with van der Waals surface area (Å²) in [5.41, 5.74) is 7.45. The molecular weight excluding hydrogens is 214 g/mol. The molecule has 4 nitrogen and oxygen atoms in total. The number of phenolic OH excluding ortho intramolecular Hbond substituents is 1. The Hall–Kier alpha value is -1.26. The van der Waals surface area contributed by atoms with Crippen molar-refractivity contribution in [3.05, 3.63) is 23.8 Å². The van der Waals surface area contributed by atoms with Crippen molar-refractivity contribution < 1.29 is 5.11 Å². The second-order valence-electron chi connectivity index (χ2n) is 4.74. The van der Waals surface area contributed by atoms with Crippen molar-refractivity contribution in [2.75, 3.05) is 45.5 Å². The quantitative estimate of drug-likeness (QED) is 0.760. The third kappa shape index (κ3) is 3.11. The number of rotatable bonds is 3. The molecule has 0 spiro atoms. The number of hydrogen-bond donors (Lipinski definition) is 2. The van der Waals surface area contributed by atoms with Crippen LogP contribution in [0.3, 0.4) is 0 Å². The summed E-state index contributed by atoms with van der Waals surface area (Å²) in [6, 6.07) is 5.33. The molecule has 0 unspecified atom stereocenters. The number of nitrogen functional groups attached to an aromatic ring is 1. The highest BCUT2D eigenvalue weighted by atomic mass is 16.3. The largest absolute Gasteiger partial charge is 0.508 e. The number of nitrogens with two attached hydrogens (primary N) is 1. The first-order valence-electron chi connectivity index (χ1n) is 6.14. The highest BCUT2D eigenvalue weighted by Gasteiger charge is 2.14. The normalized spacial score (nSPS) is 18.4. The standard InChI is InChI=1S/C13H21N3O/c1-15-7-9-16(10-8-15)6-5-11-12(14)3-2-4-13(11)17/h2-4,17H,5-10,14H2,1H3. The Kier molecular flexibility index (Phi) is 3.86. The topological polar surface area (TPSA) is 52.7 Å². The number of aromatic hydroxyl groups is 1. The maximum atomic E-state index is 9.76. The van der Waals surface area contributed by atoms with E-state index in [0.29, 0.717) is 11.4 Å². The van der Waals surface area contributed by atoms with E-state index in [-0.39, 0.29) is 0 Å².